The molecule has 144 valence electrons. The van der Waals surface area contributed by atoms with Crippen molar-refractivity contribution in [3.8, 4) is 0 Å². The molecule has 0 aliphatic carbocycles. The highest BCUT2D eigenvalue weighted by Crippen LogP contribution is 2.17. The van der Waals surface area contributed by atoms with Crippen LogP contribution in [0.4, 0.5) is 4.79 Å². The summed E-state index contributed by atoms with van der Waals surface area (Å²) in [6, 6.07) is 4.51. The van der Waals surface area contributed by atoms with Crippen molar-refractivity contribution < 1.29 is 27.5 Å². The number of sulfonamides is 1. The molecule has 1 aromatic rings. The number of carbonyl (C=O) groups is 3. The maximum Gasteiger partial charge on any atom is 0.338 e. The normalized spacial score (nSPS) is 12.3. The molecule has 0 fully saturated rings. The Balaban J connectivity index is 2.84. The lowest BCUT2D eigenvalue weighted by atomic mass is 10.2. The smallest absolute Gasteiger partial charge is 0.338 e. The van der Waals surface area contributed by atoms with E-state index in [0.717, 1.165) is 0 Å². The van der Waals surface area contributed by atoms with Crippen molar-refractivity contribution in [2.24, 2.45) is 0 Å². The fourth-order valence-electron chi connectivity index (χ4n) is 2.03. The van der Waals surface area contributed by atoms with Gasteiger partial charge in [-0.05, 0) is 31.2 Å². The zero-order valence-electron chi connectivity index (χ0n) is 15.1. The number of benzene rings is 1. The molecule has 9 nitrogen and oxygen atoms in total. The van der Waals surface area contributed by atoms with Crippen molar-refractivity contribution in [2.75, 3.05) is 20.1 Å². The number of nitrogens with zero attached hydrogens (tertiary/aromatic N) is 1. The molecule has 0 saturated carbocycles. The van der Waals surface area contributed by atoms with Crippen LogP contribution in [0, 0.1) is 0 Å². The summed E-state index contributed by atoms with van der Waals surface area (Å²) in [5, 5.41) is 4.19. The van der Waals surface area contributed by atoms with Gasteiger partial charge in [0.15, 0.2) is 6.10 Å². The SMILES string of the molecule is CCN(CC)S(=O)(=O)c1ccc(C(=O)OC(C)C(=O)NC(=O)NC)cc1. The van der Waals surface area contributed by atoms with Crippen molar-refractivity contribution in [1.82, 2.24) is 14.9 Å². The lowest BCUT2D eigenvalue weighted by molar-refractivity contribution is -0.127. The molecule has 0 bridgehead atoms. The zero-order chi connectivity index (χ0) is 19.9. The molecule has 0 aliphatic rings. The summed E-state index contributed by atoms with van der Waals surface area (Å²) in [4.78, 5) is 34.9. The number of ether oxygens (including phenoxy) is 1. The molecule has 3 amide bonds. The average molecular weight is 385 g/mol. The standard InChI is InChI=1S/C16H23N3O6S/c1-5-19(6-2)26(23,24)13-9-7-12(8-10-13)15(21)25-11(3)14(20)18-16(22)17-4/h7-11H,5-6H2,1-4H3,(H2,17,18,20,22). The van der Waals surface area contributed by atoms with Crippen LogP contribution in [0.2, 0.25) is 0 Å². The largest absolute Gasteiger partial charge is 0.449 e. The summed E-state index contributed by atoms with van der Waals surface area (Å²) < 4.78 is 31.1. The first-order valence-corrected chi connectivity index (χ1v) is 9.45. The molecular formula is C16H23N3O6S. The molecule has 2 N–H and O–H groups in total. The molecule has 0 heterocycles. The molecular weight excluding hydrogens is 362 g/mol. The summed E-state index contributed by atoms with van der Waals surface area (Å²) in [7, 11) is -2.28. The predicted molar refractivity (Wildman–Crippen MR) is 94.0 cm³/mol. The van der Waals surface area contributed by atoms with Gasteiger partial charge in [-0.1, -0.05) is 13.8 Å². The Morgan fingerprint density at radius 3 is 2.12 bits per heavy atom. The van der Waals surface area contributed by atoms with Gasteiger partial charge >= 0.3 is 12.0 Å². The van der Waals surface area contributed by atoms with E-state index < -0.39 is 34.0 Å². The lowest BCUT2D eigenvalue weighted by Gasteiger charge is -2.18. The maximum absolute atomic E-state index is 12.4. The second kappa shape index (κ2) is 9.30. The molecule has 1 rings (SSSR count). The quantitative estimate of drug-likeness (QED) is 0.667. The van der Waals surface area contributed by atoms with Gasteiger partial charge in [-0.2, -0.15) is 4.31 Å². The molecule has 0 spiro atoms. The summed E-state index contributed by atoms with van der Waals surface area (Å²) >= 11 is 0. The first kappa shape index (κ1) is 21.6. The topological polar surface area (TPSA) is 122 Å². The number of carbonyl (C=O) groups excluding carboxylic acids is 3. The third kappa shape index (κ3) is 5.27. The van der Waals surface area contributed by atoms with Gasteiger partial charge in [0.25, 0.3) is 5.91 Å². The minimum absolute atomic E-state index is 0.0585. The van der Waals surface area contributed by atoms with Crippen LogP contribution in [0.3, 0.4) is 0 Å². The second-order valence-corrected chi connectivity index (χ2v) is 7.17. The molecule has 26 heavy (non-hydrogen) atoms. The van der Waals surface area contributed by atoms with E-state index in [2.05, 4.69) is 5.32 Å². The van der Waals surface area contributed by atoms with E-state index in [1.807, 2.05) is 5.32 Å². The minimum atomic E-state index is -3.62. The number of nitrogens with one attached hydrogen (secondary N) is 2. The van der Waals surface area contributed by atoms with Crippen LogP contribution in [0.5, 0.6) is 0 Å². The van der Waals surface area contributed by atoms with Crippen LogP contribution in [0.15, 0.2) is 29.2 Å². The number of imide groups is 1. The van der Waals surface area contributed by atoms with Gasteiger partial charge in [0.05, 0.1) is 10.5 Å². The van der Waals surface area contributed by atoms with Crippen LogP contribution in [-0.4, -0.2) is 56.9 Å². The van der Waals surface area contributed by atoms with E-state index in [1.54, 1.807) is 13.8 Å². The molecule has 1 atom stereocenters. The Bertz CT molecular complexity index is 757. The molecule has 0 aliphatic heterocycles. The van der Waals surface area contributed by atoms with Gasteiger partial charge in [0, 0.05) is 20.1 Å². The van der Waals surface area contributed by atoms with Crippen LogP contribution < -0.4 is 10.6 Å². The van der Waals surface area contributed by atoms with E-state index in [4.69, 9.17) is 4.74 Å². The average Bonchev–Trinajstić information content (AvgIpc) is 2.62. The number of hydrogen-bond donors (Lipinski definition) is 2. The maximum atomic E-state index is 12.4. The number of esters is 1. The summed E-state index contributed by atoms with van der Waals surface area (Å²) in [5.74, 6) is -1.59. The van der Waals surface area contributed by atoms with Crippen LogP contribution in [0.1, 0.15) is 31.1 Å². The van der Waals surface area contributed by atoms with E-state index in [-0.39, 0.29) is 10.5 Å². The Hall–Kier alpha value is -2.46. The Labute approximate surface area is 152 Å². The fourth-order valence-corrected chi connectivity index (χ4v) is 3.49. The number of rotatable bonds is 7. The molecule has 1 aromatic carbocycles. The van der Waals surface area contributed by atoms with Gasteiger partial charge in [0.2, 0.25) is 10.0 Å². The van der Waals surface area contributed by atoms with Crippen molar-refractivity contribution in [3.63, 3.8) is 0 Å². The van der Waals surface area contributed by atoms with Gasteiger partial charge in [-0.25, -0.2) is 18.0 Å². The molecule has 0 saturated heterocycles. The third-order valence-electron chi connectivity index (χ3n) is 3.55. The lowest BCUT2D eigenvalue weighted by Crippen LogP contribution is -2.43. The zero-order valence-corrected chi connectivity index (χ0v) is 15.9. The Morgan fingerprint density at radius 2 is 1.65 bits per heavy atom. The van der Waals surface area contributed by atoms with Crippen molar-refractivity contribution in [3.05, 3.63) is 29.8 Å². The van der Waals surface area contributed by atoms with Gasteiger partial charge < -0.3 is 10.1 Å². The Morgan fingerprint density at radius 1 is 1.12 bits per heavy atom. The highest BCUT2D eigenvalue weighted by atomic mass is 32.2. The number of hydrogen-bond acceptors (Lipinski definition) is 6. The minimum Gasteiger partial charge on any atom is -0.449 e. The number of amides is 3. The summed E-state index contributed by atoms with van der Waals surface area (Å²) in [6.45, 7) is 5.45. The highest BCUT2D eigenvalue weighted by Gasteiger charge is 2.23. The molecule has 10 heteroatoms. The van der Waals surface area contributed by atoms with Crippen molar-refractivity contribution >= 4 is 27.9 Å². The van der Waals surface area contributed by atoms with E-state index >= 15 is 0 Å². The van der Waals surface area contributed by atoms with Crippen LogP contribution in [-0.2, 0) is 19.6 Å². The molecule has 0 aromatic heterocycles. The van der Waals surface area contributed by atoms with E-state index in [9.17, 15) is 22.8 Å². The van der Waals surface area contributed by atoms with E-state index in [1.165, 1.54) is 42.5 Å². The van der Waals surface area contributed by atoms with Gasteiger partial charge in [-0.15, -0.1) is 0 Å². The van der Waals surface area contributed by atoms with Crippen molar-refractivity contribution in [1.29, 1.82) is 0 Å². The van der Waals surface area contributed by atoms with E-state index in [0.29, 0.717) is 13.1 Å². The highest BCUT2D eigenvalue weighted by molar-refractivity contribution is 7.89. The molecule has 1 unspecified atom stereocenters. The van der Waals surface area contributed by atoms with Crippen molar-refractivity contribution in [2.45, 2.75) is 31.8 Å². The van der Waals surface area contributed by atoms with Crippen LogP contribution in [0.25, 0.3) is 0 Å². The van der Waals surface area contributed by atoms with Gasteiger partial charge in [0.1, 0.15) is 0 Å². The van der Waals surface area contributed by atoms with Gasteiger partial charge in [-0.3, -0.25) is 10.1 Å². The van der Waals surface area contributed by atoms with Crippen LogP contribution >= 0.6 is 0 Å². The predicted octanol–water partition coefficient (Wildman–Crippen LogP) is 0.718. The first-order valence-electron chi connectivity index (χ1n) is 8.01. The Kier molecular flexibility index (Phi) is 7.72. The number of urea groups is 1. The monoisotopic (exact) mass is 385 g/mol. The first-order chi connectivity index (χ1) is 12.2. The third-order valence-corrected chi connectivity index (χ3v) is 5.61. The molecule has 0 radical (unpaired) electrons. The summed E-state index contributed by atoms with van der Waals surface area (Å²) in [6.07, 6.45) is -1.20. The fraction of sp³-hybridized carbons (Fsp3) is 0.438. The summed E-state index contributed by atoms with van der Waals surface area (Å²) in [5.41, 5.74) is 0.0862. The second-order valence-electron chi connectivity index (χ2n) is 5.23.